The van der Waals surface area contributed by atoms with Crippen LogP contribution in [0.5, 0.6) is 0 Å². The molecule has 0 fully saturated rings. The van der Waals surface area contributed by atoms with E-state index >= 15 is 0 Å². The van der Waals surface area contributed by atoms with Gasteiger partial charge in [-0.3, -0.25) is 4.79 Å². The first kappa shape index (κ1) is 13.6. The van der Waals surface area contributed by atoms with E-state index in [2.05, 4.69) is 16.4 Å². The van der Waals surface area contributed by atoms with Crippen molar-refractivity contribution < 1.29 is 4.79 Å². The molecule has 0 bridgehead atoms. The number of rotatable bonds is 3. The lowest BCUT2D eigenvalue weighted by molar-refractivity contribution is -0.111. The van der Waals surface area contributed by atoms with Crippen molar-refractivity contribution in [1.29, 1.82) is 0 Å². The first-order chi connectivity index (χ1) is 10.1. The number of thiophene rings is 1. The van der Waals surface area contributed by atoms with Gasteiger partial charge in [-0.05, 0) is 61.2 Å². The van der Waals surface area contributed by atoms with Crippen LogP contribution in [0.3, 0.4) is 0 Å². The zero-order valence-electron chi connectivity index (χ0n) is 11.9. The molecule has 21 heavy (non-hydrogen) atoms. The van der Waals surface area contributed by atoms with Crippen molar-refractivity contribution in [3.05, 3.63) is 57.9 Å². The van der Waals surface area contributed by atoms with Crippen LogP contribution in [0, 0.1) is 13.8 Å². The average molecular weight is 296 g/mol. The van der Waals surface area contributed by atoms with E-state index in [4.69, 9.17) is 0 Å². The summed E-state index contributed by atoms with van der Waals surface area (Å²) in [4.78, 5) is 16.3. The highest BCUT2D eigenvalue weighted by molar-refractivity contribution is 7.11. The van der Waals surface area contributed by atoms with Crippen molar-refractivity contribution in [1.82, 2.24) is 4.98 Å². The van der Waals surface area contributed by atoms with Gasteiger partial charge < -0.3 is 10.3 Å². The van der Waals surface area contributed by atoms with Gasteiger partial charge in [-0.1, -0.05) is 0 Å². The molecule has 1 amide bonds. The Kier molecular flexibility index (Phi) is 3.62. The first-order valence-electron chi connectivity index (χ1n) is 6.74. The molecular formula is C17H16N2OS. The molecule has 0 unspecified atom stereocenters. The van der Waals surface area contributed by atoms with Crippen molar-refractivity contribution >= 4 is 39.9 Å². The van der Waals surface area contributed by atoms with Crippen molar-refractivity contribution in [2.45, 2.75) is 13.8 Å². The largest absolute Gasteiger partial charge is 0.359 e. The van der Waals surface area contributed by atoms with Crippen LogP contribution >= 0.6 is 11.3 Å². The number of carbonyl (C=O) groups is 1. The summed E-state index contributed by atoms with van der Waals surface area (Å²) in [6.45, 7) is 4.06. The van der Waals surface area contributed by atoms with Crippen molar-refractivity contribution in [3.63, 3.8) is 0 Å². The van der Waals surface area contributed by atoms with E-state index in [0.717, 1.165) is 27.2 Å². The fraction of sp³-hybridized carbons (Fsp3) is 0.118. The molecule has 0 aliphatic heterocycles. The van der Waals surface area contributed by atoms with E-state index in [9.17, 15) is 4.79 Å². The Hall–Kier alpha value is -2.33. The van der Waals surface area contributed by atoms with E-state index in [0.29, 0.717) is 0 Å². The Labute approximate surface area is 127 Å². The Morgan fingerprint density at radius 2 is 2.10 bits per heavy atom. The highest BCUT2D eigenvalue weighted by Gasteiger charge is 2.02. The minimum absolute atomic E-state index is 0.116. The van der Waals surface area contributed by atoms with Gasteiger partial charge in [0, 0.05) is 33.2 Å². The fourth-order valence-electron chi connectivity index (χ4n) is 2.25. The van der Waals surface area contributed by atoms with Crippen LogP contribution in [-0.4, -0.2) is 10.9 Å². The quantitative estimate of drug-likeness (QED) is 0.687. The number of anilines is 1. The maximum absolute atomic E-state index is 12.0. The van der Waals surface area contributed by atoms with Crippen molar-refractivity contribution in [3.8, 4) is 0 Å². The molecule has 2 heterocycles. The maximum Gasteiger partial charge on any atom is 0.248 e. The third-order valence-corrected chi connectivity index (χ3v) is 4.29. The van der Waals surface area contributed by atoms with Crippen LogP contribution in [0.15, 0.2) is 41.8 Å². The zero-order valence-corrected chi connectivity index (χ0v) is 12.8. The van der Waals surface area contributed by atoms with Gasteiger partial charge in [0.1, 0.15) is 0 Å². The first-order valence-corrected chi connectivity index (χ1v) is 7.62. The number of carbonyl (C=O) groups excluding carboxylic acids is 1. The van der Waals surface area contributed by atoms with Crippen LogP contribution in [0.25, 0.3) is 17.0 Å². The van der Waals surface area contributed by atoms with E-state index in [1.54, 1.807) is 17.4 Å². The molecule has 3 nitrogen and oxygen atoms in total. The van der Waals surface area contributed by atoms with Crippen LogP contribution in [0.1, 0.15) is 16.1 Å². The van der Waals surface area contributed by atoms with Gasteiger partial charge in [0.15, 0.2) is 0 Å². The van der Waals surface area contributed by atoms with E-state index in [-0.39, 0.29) is 5.91 Å². The van der Waals surface area contributed by atoms with Crippen LogP contribution in [0.2, 0.25) is 0 Å². The Morgan fingerprint density at radius 1 is 1.24 bits per heavy atom. The third kappa shape index (κ3) is 3.06. The highest BCUT2D eigenvalue weighted by Crippen LogP contribution is 2.20. The molecule has 4 heteroatoms. The summed E-state index contributed by atoms with van der Waals surface area (Å²) < 4.78 is 0. The molecule has 3 rings (SSSR count). The lowest BCUT2D eigenvalue weighted by Crippen LogP contribution is -2.07. The topological polar surface area (TPSA) is 44.9 Å². The van der Waals surface area contributed by atoms with Crippen molar-refractivity contribution in [2.24, 2.45) is 0 Å². The van der Waals surface area contributed by atoms with E-state index < -0.39 is 0 Å². The summed E-state index contributed by atoms with van der Waals surface area (Å²) in [5.41, 5.74) is 4.18. The molecule has 2 N–H and O–H groups in total. The standard InChI is InChI=1S/C17H16N2OS/c1-11-7-8-21-16(11)5-6-17(20)19-14-3-4-15-13(10-14)9-12(2)18-15/h3-10,18H,1-2H3,(H,19,20)/b6-5+. The second-order valence-electron chi connectivity index (χ2n) is 5.04. The van der Waals surface area contributed by atoms with Crippen molar-refractivity contribution in [2.75, 3.05) is 5.32 Å². The summed E-state index contributed by atoms with van der Waals surface area (Å²) in [6.07, 6.45) is 3.43. The number of nitrogens with one attached hydrogen (secondary N) is 2. The minimum atomic E-state index is -0.116. The number of benzene rings is 1. The summed E-state index contributed by atoms with van der Waals surface area (Å²) >= 11 is 1.63. The Morgan fingerprint density at radius 3 is 2.86 bits per heavy atom. The fourth-order valence-corrected chi connectivity index (χ4v) is 3.07. The summed E-state index contributed by atoms with van der Waals surface area (Å²) in [6, 6.07) is 9.96. The molecule has 0 spiro atoms. The van der Waals surface area contributed by atoms with Gasteiger partial charge in [-0.25, -0.2) is 0 Å². The van der Waals surface area contributed by atoms with Gasteiger partial charge in [-0.15, -0.1) is 11.3 Å². The van der Waals surface area contributed by atoms with Crippen LogP contribution in [-0.2, 0) is 4.79 Å². The highest BCUT2D eigenvalue weighted by atomic mass is 32.1. The summed E-state index contributed by atoms with van der Waals surface area (Å²) in [5.74, 6) is -0.116. The number of hydrogen-bond acceptors (Lipinski definition) is 2. The molecule has 0 radical (unpaired) electrons. The zero-order chi connectivity index (χ0) is 14.8. The number of fused-ring (bicyclic) bond motifs is 1. The molecule has 3 aromatic rings. The molecule has 0 saturated carbocycles. The molecular weight excluding hydrogens is 280 g/mol. The van der Waals surface area contributed by atoms with Gasteiger partial charge >= 0.3 is 0 Å². The number of aromatic nitrogens is 1. The van der Waals surface area contributed by atoms with E-state index in [1.165, 1.54) is 5.56 Å². The van der Waals surface area contributed by atoms with Crippen LogP contribution < -0.4 is 5.32 Å². The number of aryl methyl sites for hydroxylation is 2. The maximum atomic E-state index is 12.0. The van der Waals surface area contributed by atoms with Gasteiger partial charge in [0.25, 0.3) is 0 Å². The lowest BCUT2D eigenvalue weighted by atomic mass is 10.2. The van der Waals surface area contributed by atoms with Crippen LogP contribution in [0.4, 0.5) is 5.69 Å². The Bertz CT molecular complexity index is 826. The summed E-state index contributed by atoms with van der Waals surface area (Å²) in [7, 11) is 0. The number of aromatic amines is 1. The smallest absolute Gasteiger partial charge is 0.248 e. The lowest BCUT2D eigenvalue weighted by Gasteiger charge is -2.02. The average Bonchev–Trinajstić information content (AvgIpc) is 3.00. The van der Waals surface area contributed by atoms with Gasteiger partial charge in [-0.2, -0.15) is 0 Å². The number of H-pyrrole nitrogens is 1. The normalized spacial score (nSPS) is 11.3. The minimum Gasteiger partial charge on any atom is -0.359 e. The number of hydrogen-bond donors (Lipinski definition) is 2. The molecule has 0 aliphatic carbocycles. The third-order valence-electron chi connectivity index (χ3n) is 3.31. The second kappa shape index (κ2) is 5.58. The van der Waals surface area contributed by atoms with Gasteiger partial charge in [0.05, 0.1) is 0 Å². The van der Waals surface area contributed by atoms with Gasteiger partial charge in [0.2, 0.25) is 5.91 Å². The van der Waals surface area contributed by atoms with E-state index in [1.807, 2.05) is 49.6 Å². The predicted octanol–water partition coefficient (Wildman–Crippen LogP) is 4.50. The number of amides is 1. The molecule has 106 valence electrons. The second-order valence-corrected chi connectivity index (χ2v) is 5.99. The SMILES string of the molecule is Cc1cc2cc(NC(=O)/C=C/c3sccc3C)ccc2[nH]1. The molecule has 0 atom stereocenters. The molecule has 1 aromatic carbocycles. The predicted molar refractivity (Wildman–Crippen MR) is 89.8 cm³/mol. The monoisotopic (exact) mass is 296 g/mol. The summed E-state index contributed by atoms with van der Waals surface area (Å²) in [5, 5.41) is 6.01. The molecule has 0 aliphatic rings. The molecule has 0 saturated heterocycles. The Balaban J connectivity index is 1.73. The molecule has 2 aromatic heterocycles.